The Hall–Kier alpha value is -3.51. The summed E-state index contributed by atoms with van der Waals surface area (Å²) in [6.45, 7) is 4.21. The van der Waals surface area contributed by atoms with Gasteiger partial charge in [0.1, 0.15) is 0 Å². The number of alkyl halides is 2. The lowest BCUT2D eigenvalue weighted by Crippen LogP contribution is -2.26. The van der Waals surface area contributed by atoms with Crippen LogP contribution in [0.4, 0.5) is 8.78 Å². The topological polar surface area (TPSA) is 17.1 Å². The molecule has 0 aliphatic rings. The van der Waals surface area contributed by atoms with Crippen LogP contribution in [-0.4, -0.2) is 11.7 Å². The van der Waals surface area contributed by atoms with Crippen molar-refractivity contribution in [3.8, 4) is 11.8 Å². The second-order valence-electron chi connectivity index (χ2n) is 8.02. The first-order valence-corrected chi connectivity index (χ1v) is 11.3. The van der Waals surface area contributed by atoms with E-state index in [1.165, 1.54) is 17.7 Å². The van der Waals surface area contributed by atoms with E-state index < -0.39 is 11.7 Å². The summed E-state index contributed by atoms with van der Waals surface area (Å²) in [5, 5.41) is 0. The average Bonchev–Trinajstić information content (AvgIpc) is 2.83. The van der Waals surface area contributed by atoms with Crippen LogP contribution in [0.3, 0.4) is 0 Å². The van der Waals surface area contributed by atoms with Gasteiger partial charge in [-0.05, 0) is 41.7 Å². The standard InChI is InChI=1S/C30H28F2O/c1-3-8-23-12-14-25(15-13-23)18-21-28(26-19-16-24(9-4-2)17-20-26)22-30(31,32)29(33)27-10-6-5-7-11-27/h5-7,10-17,19-20,22H,3-4,8-9H2,1-2H3/b28-22-. The van der Waals surface area contributed by atoms with Crippen molar-refractivity contribution in [3.63, 3.8) is 0 Å². The molecule has 3 rings (SSSR count). The van der Waals surface area contributed by atoms with Crippen molar-refractivity contribution in [1.29, 1.82) is 0 Å². The molecule has 0 aliphatic carbocycles. The minimum absolute atomic E-state index is 0.0316. The molecule has 3 heteroatoms. The number of Topliss-reactive ketones (excluding diaryl/α,β-unsaturated/α-hetero) is 1. The molecule has 0 spiro atoms. The highest BCUT2D eigenvalue weighted by Gasteiger charge is 2.37. The fourth-order valence-electron chi connectivity index (χ4n) is 3.54. The molecule has 0 bridgehead atoms. The third-order valence-electron chi connectivity index (χ3n) is 5.30. The summed E-state index contributed by atoms with van der Waals surface area (Å²) in [4.78, 5) is 12.5. The molecule has 0 fully saturated rings. The van der Waals surface area contributed by atoms with Crippen LogP contribution < -0.4 is 0 Å². The average molecular weight is 443 g/mol. The first-order valence-electron chi connectivity index (χ1n) is 11.3. The summed E-state index contributed by atoms with van der Waals surface area (Å²) in [5.74, 6) is 0.963. The molecule has 0 saturated heterocycles. The Morgan fingerprint density at radius 1 is 0.788 bits per heavy atom. The summed E-state index contributed by atoms with van der Waals surface area (Å²) in [6.07, 6.45) is 4.64. The van der Waals surface area contributed by atoms with Crippen molar-refractivity contribution in [2.75, 3.05) is 0 Å². The number of halogens is 2. The fourth-order valence-corrected chi connectivity index (χ4v) is 3.54. The predicted molar refractivity (Wildman–Crippen MR) is 131 cm³/mol. The van der Waals surface area contributed by atoms with E-state index in [2.05, 4.69) is 25.7 Å². The number of carbonyl (C=O) groups excluding carboxylic acids is 1. The van der Waals surface area contributed by atoms with Crippen molar-refractivity contribution in [1.82, 2.24) is 0 Å². The molecule has 168 valence electrons. The van der Waals surface area contributed by atoms with Crippen molar-refractivity contribution in [2.24, 2.45) is 0 Å². The number of aryl methyl sites for hydroxylation is 2. The molecular formula is C30H28F2O. The maximum absolute atomic E-state index is 15.0. The van der Waals surface area contributed by atoms with E-state index in [-0.39, 0.29) is 11.1 Å². The van der Waals surface area contributed by atoms with E-state index in [0.717, 1.165) is 36.8 Å². The second-order valence-corrected chi connectivity index (χ2v) is 8.02. The quantitative estimate of drug-likeness (QED) is 0.260. The maximum Gasteiger partial charge on any atom is 0.329 e. The Labute approximate surface area is 195 Å². The highest BCUT2D eigenvalue weighted by Crippen LogP contribution is 2.27. The third-order valence-corrected chi connectivity index (χ3v) is 5.30. The van der Waals surface area contributed by atoms with Crippen molar-refractivity contribution in [2.45, 2.75) is 45.5 Å². The molecule has 33 heavy (non-hydrogen) atoms. The molecule has 0 amide bonds. The zero-order chi connectivity index (χ0) is 23.7. The molecule has 3 aromatic rings. The van der Waals surface area contributed by atoms with Crippen LogP contribution in [0.2, 0.25) is 0 Å². The zero-order valence-corrected chi connectivity index (χ0v) is 19.1. The molecular weight excluding hydrogens is 414 g/mol. The van der Waals surface area contributed by atoms with Gasteiger partial charge >= 0.3 is 5.92 Å². The largest absolute Gasteiger partial charge is 0.329 e. The molecule has 0 N–H and O–H groups in total. The summed E-state index contributed by atoms with van der Waals surface area (Å²) in [6, 6.07) is 22.8. The summed E-state index contributed by atoms with van der Waals surface area (Å²) < 4.78 is 30.0. The van der Waals surface area contributed by atoms with Crippen LogP contribution in [-0.2, 0) is 12.8 Å². The van der Waals surface area contributed by atoms with E-state index in [1.54, 1.807) is 30.3 Å². The van der Waals surface area contributed by atoms with E-state index in [0.29, 0.717) is 11.6 Å². The number of hydrogen-bond donors (Lipinski definition) is 0. The Kier molecular flexibility index (Phi) is 8.33. The van der Waals surface area contributed by atoms with Crippen LogP contribution in [0.25, 0.3) is 5.57 Å². The third kappa shape index (κ3) is 6.73. The fraction of sp³-hybridized carbons (Fsp3) is 0.233. The highest BCUT2D eigenvalue weighted by atomic mass is 19.3. The number of allylic oxidation sites excluding steroid dienone is 2. The smallest absolute Gasteiger partial charge is 0.287 e. The zero-order valence-electron chi connectivity index (χ0n) is 19.1. The van der Waals surface area contributed by atoms with Crippen molar-refractivity contribution >= 4 is 11.4 Å². The molecule has 0 saturated carbocycles. The SMILES string of the molecule is CCCc1ccc(C#C/C(=C/C(F)(F)C(=O)c2ccccc2)c2ccc(CCC)cc2)cc1. The van der Waals surface area contributed by atoms with Gasteiger partial charge < -0.3 is 0 Å². The van der Waals surface area contributed by atoms with Crippen LogP contribution >= 0.6 is 0 Å². The molecule has 0 radical (unpaired) electrons. The number of benzene rings is 3. The Bertz CT molecular complexity index is 1150. The van der Waals surface area contributed by atoms with Crippen LogP contribution in [0.5, 0.6) is 0 Å². The molecule has 0 aliphatic heterocycles. The molecule has 0 heterocycles. The van der Waals surface area contributed by atoms with Crippen molar-refractivity contribution < 1.29 is 13.6 Å². The summed E-state index contributed by atoms with van der Waals surface area (Å²) >= 11 is 0. The van der Waals surface area contributed by atoms with Gasteiger partial charge in [0.05, 0.1) is 0 Å². The number of hydrogen-bond acceptors (Lipinski definition) is 1. The minimum Gasteiger partial charge on any atom is -0.287 e. The van der Waals surface area contributed by atoms with Gasteiger partial charge in [-0.15, -0.1) is 0 Å². The van der Waals surface area contributed by atoms with Crippen LogP contribution in [0.15, 0.2) is 84.9 Å². The van der Waals surface area contributed by atoms with Gasteiger partial charge in [0, 0.05) is 22.8 Å². The first-order chi connectivity index (χ1) is 15.9. The summed E-state index contributed by atoms with van der Waals surface area (Å²) in [5.41, 5.74) is 3.74. The molecule has 0 unspecified atom stereocenters. The predicted octanol–water partition coefficient (Wildman–Crippen LogP) is 7.54. The first kappa shape index (κ1) is 24.1. The Morgan fingerprint density at radius 2 is 1.33 bits per heavy atom. The van der Waals surface area contributed by atoms with E-state index in [4.69, 9.17) is 0 Å². The van der Waals surface area contributed by atoms with Crippen LogP contribution in [0.1, 0.15) is 59.3 Å². The number of ketones is 1. The lowest BCUT2D eigenvalue weighted by Gasteiger charge is -2.12. The van der Waals surface area contributed by atoms with E-state index in [1.807, 2.05) is 36.4 Å². The number of rotatable bonds is 8. The number of carbonyl (C=O) groups is 1. The van der Waals surface area contributed by atoms with Crippen molar-refractivity contribution in [3.05, 3.63) is 113 Å². The highest BCUT2D eigenvalue weighted by molar-refractivity contribution is 6.04. The molecule has 3 aromatic carbocycles. The monoisotopic (exact) mass is 442 g/mol. The van der Waals surface area contributed by atoms with E-state index >= 15 is 8.78 Å². The Morgan fingerprint density at radius 3 is 1.88 bits per heavy atom. The van der Waals surface area contributed by atoms with Gasteiger partial charge in [-0.2, -0.15) is 8.78 Å². The minimum atomic E-state index is -3.68. The summed E-state index contributed by atoms with van der Waals surface area (Å²) in [7, 11) is 0. The van der Waals surface area contributed by atoms with Gasteiger partial charge in [-0.1, -0.05) is 105 Å². The molecule has 0 atom stereocenters. The molecule has 0 aromatic heterocycles. The molecule has 1 nitrogen and oxygen atoms in total. The Balaban J connectivity index is 1.99. The van der Waals surface area contributed by atoms with E-state index in [9.17, 15) is 4.79 Å². The second kappa shape index (κ2) is 11.4. The van der Waals surface area contributed by atoms with Gasteiger partial charge in [0.15, 0.2) is 0 Å². The lowest BCUT2D eigenvalue weighted by atomic mass is 9.98. The lowest BCUT2D eigenvalue weighted by molar-refractivity contribution is 0.0384. The maximum atomic E-state index is 15.0. The van der Waals surface area contributed by atoms with Gasteiger partial charge in [-0.25, -0.2) is 0 Å². The van der Waals surface area contributed by atoms with Gasteiger partial charge in [0.2, 0.25) is 5.78 Å². The van der Waals surface area contributed by atoms with Crippen LogP contribution in [0, 0.1) is 11.8 Å². The normalized spacial score (nSPS) is 11.6. The van der Waals surface area contributed by atoms with Gasteiger partial charge in [-0.3, -0.25) is 4.79 Å². The van der Waals surface area contributed by atoms with Gasteiger partial charge in [0.25, 0.3) is 0 Å².